The number of carboxylic acids is 1. The molecule has 3 heterocycles. The number of aliphatic carboxylic acids is 1. The number of hydrogen-bond donors (Lipinski definition) is 1. The number of sulfonamides is 1. The van der Waals surface area contributed by atoms with Crippen LogP contribution in [-0.4, -0.2) is 66.6 Å². The third kappa shape index (κ3) is 5.28. The molecule has 0 unspecified atom stereocenters. The Kier molecular flexibility index (Phi) is 7.05. The van der Waals surface area contributed by atoms with Gasteiger partial charge in [0.05, 0.1) is 11.0 Å². The highest BCUT2D eigenvalue weighted by Gasteiger charge is 2.31. The van der Waals surface area contributed by atoms with E-state index in [0.717, 1.165) is 16.8 Å². The van der Waals surface area contributed by atoms with Gasteiger partial charge in [-0.15, -0.1) is 0 Å². The predicted octanol–water partition coefficient (Wildman–Crippen LogP) is 3.54. The van der Waals surface area contributed by atoms with Gasteiger partial charge in [0.2, 0.25) is 10.0 Å². The molecule has 1 aliphatic rings. The van der Waals surface area contributed by atoms with Crippen LogP contribution in [0.4, 0.5) is 5.82 Å². The summed E-state index contributed by atoms with van der Waals surface area (Å²) < 4.78 is 35.2. The summed E-state index contributed by atoms with van der Waals surface area (Å²) in [5.74, 6) is 0.574. The first-order chi connectivity index (χ1) is 16.6. The molecule has 0 atom stereocenters. The fraction of sp³-hybridized carbons (Fsp3) is 0.440. The van der Waals surface area contributed by atoms with Gasteiger partial charge in [-0.3, -0.25) is 4.79 Å². The molecule has 3 aromatic rings. The maximum absolute atomic E-state index is 13.2. The molecule has 1 aliphatic heterocycles. The van der Waals surface area contributed by atoms with Gasteiger partial charge in [-0.25, -0.2) is 13.4 Å². The van der Waals surface area contributed by atoms with E-state index in [9.17, 15) is 18.3 Å². The molecule has 188 valence electrons. The van der Waals surface area contributed by atoms with Crippen LogP contribution in [-0.2, 0) is 21.4 Å². The van der Waals surface area contributed by atoms with Crippen LogP contribution in [0.3, 0.4) is 0 Å². The minimum Gasteiger partial charge on any atom is -0.491 e. The van der Waals surface area contributed by atoms with Gasteiger partial charge in [0.25, 0.3) is 0 Å². The maximum atomic E-state index is 13.2. The molecule has 35 heavy (non-hydrogen) atoms. The number of carboxylic acid groups (broad SMARTS) is 1. The fourth-order valence-electron chi connectivity index (χ4n) is 4.54. The Morgan fingerprint density at radius 2 is 1.80 bits per heavy atom. The van der Waals surface area contributed by atoms with Gasteiger partial charge in [-0.1, -0.05) is 0 Å². The monoisotopic (exact) mass is 500 g/mol. The number of ether oxygens (including phenoxy) is 1. The molecule has 0 radical (unpaired) electrons. The van der Waals surface area contributed by atoms with Crippen molar-refractivity contribution in [3.63, 3.8) is 0 Å². The van der Waals surface area contributed by atoms with E-state index >= 15 is 0 Å². The van der Waals surface area contributed by atoms with E-state index in [0.29, 0.717) is 37.3 Å². The highest BCUT2D eigenvalue weighted by atomic mass is 32.2. The van der Waals surface area contributed by atoms with Crippen molar-refractivity contribution < 1.29 is 23.1 Å². The molecule has 0 saturated carbocycles. The maximum Gasteiger partial charge on any atom is 0.323 e. The Bertz CT molecular complexity index is 1310. The summed E-state index contributed by atoms with van der Waals surface area (Å²) in [7, 11) is 0.175. The van der Waals surface area contributed by atoms with Crippen LogP contribution in [0.1, 0.15) is 38.2 Å². The average Bonchev–Trinajstić information content (AvgIpc) is 3.16. The number of hydrogen-bond acceptors (Lipinski definition) is 6. The first-order valence-corrected chi connectivity index (χ1v) is 13.2. The molecule has 0 aliphatic carbocycles. The Hall–Kier alpha value is -3.11. The molecule has 0 spiro atoms. The second-order valence-electron chi connectivity index (χ2n) is 9.36. The average molecular weight is 501 g/mol. The van der Waals surface area contributed by atoms with E-state index in [-0.39, 0.29) is 23.5 Å². The van der Waals surface area contributed by atoms with E-state index in [1.54, 1.807) is 28.8 Å². The molecule has 1 fully saturated rings. The molecule has 0 amide bonds. The number of rotatable bonds is 8. The quantitative estimate of drug-likeness (QED) is 0.504. The lowest BCUT2D eigenvalue weighted by atomic mass is 9.90. The molecule has 0 bridgehead atoms. The van der Waals surface area contributed by atoms with Crippen molar-refractivity contribution in [2.24, 2.45) is 0 Å². The van der Waals surface area contributed by atoms with Gasteiger partial charge < -0.3 is 19.3 Å². The number of nitrogens with zero attached hydrogens (tertiary/aromatic N) is 4. The van der Waals surface area contributed by atoms with Gasteiger partial charge in [0.15, 0.2) is 0 Å². The molecule has 2 aromatic heterocycles. The van der Waals surface area contributed by atoms with Gasteiger partial charge in [0.1, 0.15) is 23.8 Å². The van der Waals surface area contributed by atoms with Crippen LogP contribution >= 0.6 is 0 Å². The molecular weight excluding hydrogens is 468 g/mol. The number of aromatic nitrogens is 2. The summed E-state index contributed by atoms with van der Waals surface area (Å²) in [5, 5.41) is 10.3. The second kappa shape index (κ2) is 9.87. The third-order valence-corrected chi connectivity index (χ3v) is 8.14. The number of anilines is 1. The van der Waals surface area contributed by atoms with Crippen LogP contribution in [0.2, 0.25) is 0 Å². The summed E-state index contributed by atoms with van der Waals surface area (Å²) >= 11 is 0. The molecule has 9 nitrogen and oxygen atoms in total. The lowest BCUT2D eigenvalue weighted by Gasteiger charge is -2.31. The normalized spacial score (nSPS) is 15.6. The van der Waals surface area contributed by atoms with Crippen LogP contribution in [0.5, 0.6) is 5.75 Å². The van der Waals surface area contributed by atoms with Crippen LogP contribution in [0.25, 0.3) is 11.0 Å². The lowest BCUT2D eigenvalue weighted by Crippen LogP contribution is -2.37. The van der Waals surface area contributed by atoms with E-state index in [1.165, 1.54) is 4.31 Å². The van der Waals surface area contributed by atoms with Crippen molar-refractivity contribution in [1.29, 1.82) is 0 Å². The van der Waals surface area contributed by atoms with Crippen molar-refractivity contribution >= 4 is 32.8 Å². The number of benzene rings is 1. The summed E-state index contributed by atoms with van der Waals surface area (Å²) in [6.45, 7) is 4.46. The summed E-state index contributed by atoms with van der Waals surface area (Å²) in [4.78, 5) is 18.2. The SMILES string of the molecule is CC(C)Oc1ccc(S(=O)(=O)N2CCC(c3cn(CC(=O)O)c4nc(N(C)C)ccc34)CC2)cc1. The highest BCUT2D eigenvalue weighted by molar-refractivity contribution is 7.89. The topological polar surface area (TPSA) is 105 Å². The minimum atomic E-state index is -3.60. The van der Waals surface area contributed by atoms with Gasteiger partial charge in [0, 0.05) is 38.8 Å². The zero-order chi connectivity index (χ0) is 25.3. The molecule has 4 rings (SSSR count). The zero-order valence-electron chi connectivity index (χ0n) is 20.5. The standard InChI is InChI=1S/C25H32N4O5S/c1-17(2)34-19-5-7-20(8-6-19)35(32,33)29-13-11-18(12-14-29)22-15-28(16-24(30)31)25-21(22)9-10-23(26-25)27(3)4/h5-10,15,17-18H,11-14,16H2,1-4H3,(H,30,31). The van der Waals surface area contributed by atoms with Crippen LogP contribution in [0, 0.1) is 0 Å². The molecular formula is C25H32N4O5S. The number of carbonyl (C=O) groups is 1. The Morgan fingerprint density at radius 1 is 1.14 bits per heavy atom. The van der Waals surface area contributed by atoms with E-state index < -0.39 is 16.0 Å². The molecule has 1 saturated heterocycles. The van der Waals surface area contributed by atoms with Crippen LogP contribution in [0.15, 0.2) is 47.5 Å². The largest absolute Gasteiger partial charge is 0.491 e. The van der Waals surface area contributed by atoms with Gasteiger partial charge in [-0.2, -0.15) is 4.31 Å². The Labute approximate surface area is 206 Å². The first kappa shape index (κ1) is 25.0. The smallest absolute Gasteiger partial charge is 0.323 e. The van der Waals surface area contributed by atoms with E-state index in [4.69, 9.17) is 4.74 Å². The summed E-state index contributed by atoms with van der Waals surface area (Å²) in [5.41, 5.74) is 1.65. The Morgan fingerprint density at radius 3 is 2.37 bits per heavy atom. The van der Waals surface area contributed by atoms with Gasteiger partial charge in [-0.05, 0) is 74.6 Å². The van der Waals surface area contributed by atoms with Gasteiger partial charge >= 0.3 is 5.97 Å². The van der Waals surface area contributed by atoms with Crippen molar-refractivity contribution in [3.8, 4) is 5.75 Å². The van der Waals surface area contributed by atoms with E-state index in [1.807, 2.05) is 51.2 Å². The lowest BCUT2D eigenvalue weighted by molar-refractivity contribution is -0.137. The van der Waals surface area contributed by atoms with Crippen molar-refractivity contribution in [2.45, 2.75) is 50.2 Å². The first-order valence-electron chi connectivity index (χ1n) is 11.7. The second-order valence-corrected chi connectivity index (χ2v) is 11.3. The molecule has 1 aromatic carbocycles. The van der Waals surface area contributed by atoms with Crippen molar-refractivity contribution in [1.82, 2.24) is 13.9 Å². The number of piperidine rings is 1. The molecule has 1 N–H and O–H groups in total. The number of pyridine rings is 1. The third-order valence-electron chi connectivity index (χ3n) is 6.23. The predicted molar refractivity (Wildman–Crippen MR) is 135 cm³/mol. The summed E-state index contributed by atoms with van der Waals surface area (Å²) in [6, 6.07) is 10.5. The van der Waals surface area contributed by atoms with Crippen molar-refractivity contribution in [2.75, 3.05) is 32.1 Å². The van der Waals surface area contributed by atoms with E-state index in [2.05, 4.69) is 4.98 Å². The number of fused-ring (bicyclic) bond motifs is 1. The van der Waals surface area contributed by atoms with Crippen LogP contribution < -0.4 is 9.64 Å². The highest BCUT2D eigenvalue weighted by Crippen LogP contribution is 2.36. The zero-order valence-corrected chi connectivity index (χ0v) is 21.3. The molecule has 10 heteroatoms. The Balaban J connectivity index is 1.54. The fourth-order valence-corrected chi connectivity index (χ4v) is 6.01. The summed E-state index contributed by atoms with van der Waals surface area (Å²) in [6.07, 6.45) is 3.18. The minimum absolute atomic E-state index is 0.0163. The van der Waals surface area contributed by atoms with Crippen molar-refractivity contribution in [3.05, 3.63) is 48.2 Å².